The Kier molecular flexibility index (Phi) is 24.4. The minimum Gasteiger partial charge on any atom is -0.328 e. The van der Waals surface area contributed by atoms with Crippen molar-refractivity contribution in [1.29, 1.82) is 0 Å². The van der Waals surface area contributed by atoms with E-state index >= 15 is 0 Å². The Bertz CT molecular complexity index is 33.8. The van der Waals surface area contributed by atoms with Gasteiger partial charge in [-0.3, -0.25) is 0 Å². The predicted molar refractivity (Wildman–Crippen MR) is 14.5 cm³/mol. The second kappa shape index (κ2) is 8.99. The van der Waals surface area contributed by atoms with Crippen molar-refractivity contribution >= 4 is 18.9 Å². The summed E-state index contributed by atoms with van der Waals surface area (Å²) in [5.74, 6) is 0. The Hall–Kier alpha value is 0.291. The van der Waals surface area contributed by atoms with Crippen LogP contribution in [-0.4, -0.2) is 29.2 Å². The molecule has 1 radical (unpaired) electrons. The van der Waals surface area contributed by atoms with Crippen molar-refractivity contribution in [3.05, 3.63) is 10.1 Å². The minimum absolute atomic E-state index is 0. The average molecular weight is 129 g/mol. The summed E-state index contributed by atoms with van der Waals surface area (Å²) >= 11 is 0. The van der Waals surface area contributed by atoms with Crippen LogP contribution in [0.15, 0.2) is 0 Å². The van der Waals surface area contributed by atoms with Crippen LogP contribution >= 0.6 is 0 Å². The van der Waals surface area contributed by atoms with Gasteiger partial charge in [0.05, 0.1) is 0 Å². The van der Waals surface area contributed by atoms with Crippen LogP contribution < -0.4 is 0 Å². The third-order valence-corrected chi connectivity index (χ3v) is 0. The molecule has 0 aromatic heterocycles. The maximum Gasteiger partial charge on any atom is 0.291 e. The van der Waals surface area contributed by atoms with Crippen LogP contribution in [0.3, 0.4) is 0 Å². The first-order valence-corrected chi connectivity index (χ1v) is 0.565. The van der Waals surface area contributed by atoms with Crippen LogP contribution in [0.5, 0.6) is 0 Å². The third kappa shape index (κ3) is 549. The Labute approximate surface area is 56.1 Å². The maximum atomic E-state index is 8.36. The zero-order chi connectivity index (χ0) is 3.58. The monoisotopic (exact) mass is 128 g/mol. The number of hydrogen-bond acceptors (Lipinski definition) is 2. The van der Waals surface area contributed by atoms with Gasteiger partial charge in [0.25, 0.3) is 5.09 Å². The molecule has 0 aromatic carbocycles. The van der Waals surface area contributed by atoms with Crippen molar-refractivity contribution in [3.8, 4) is 0 Å². The van der Waals surface area contributed by atoms with Crippen molar-refractivity contribution in [2.75, 3.05) is 0 Å². The minimum atomic E-state index is -1.50. The zero-order valence-electron chi connectivity index (χ0n) is 3.03. The van der Waals surface area contributed by atoms with E-state index in [-0.39, 0.29) is 35.4 Å². The first-order valence-electron chi connectivity index (χ1n) is 0.565. The molecule has 0 saturated carbocycles. The van der Waals surface area contributed by atoms with Crippen LogP contribution in [0.25, 0.3) is 0 Å². The molecule has 0 atom stereocenters. The number of nitrogens with zero attached hydrogens (tertiary/aromatic N) is 1. The van der Waals surface area contributed by atoms with Crippen molar-refractivity contribution in [3.63, 3.8) is 0 Å². The molecule has 0 aliphatic heterocycles. The first kappa shape index (κ1) is 16.3. The third-order valence-electron chi connectivity index (χ3n) is 0. The van der Waals surface area contributed by atoms with E-state index in [1.807, 2.05) is 0 Å². The standard InChI is InChI=1S/Li.HNO3.Ni/c;2-1(3)4;/h;(H,2,3,4);. The van der Waals surface area contributed by atoms with E-state index in [0.717, 1.165) is 0 Å². The second-order valence-corrected chi connectivity index (χ2v) is 0.238. The summed E-state index contributed by atoms with van der Waals surface area (Å²) in [6, 6.07) is 0. The molecular weight excluding hydrogens is 128 g/mol. The van der Waals surface area contributed by atoms with Crippen LogP contribution in [-0.2, 0) is 16.5 Å². The van der Waals surface area contributed by atoms with Crippen LogP contribution in [0, 0.1) is 10.1 Å². The van der Waals surface area contributed by atoms with E-state index in [0.29, 0.717) is 0 Å². The van der Waals surface area contributed by atoms with Crippen LogP contribution in [0.4, 0.5) is 0 Å². The van der Waals surface area contributed by atoms with E-state index in [1.54, 1.807) is 0 Å². The molecule has 6 heteroatoms. The van der Waals surface area contributed by atoms with Gasteiger partial charge < -0.3 is 5.21 Å². The van der Waals surface area contributed by atoms with Crippen molar-refractivity contribution in [2.45, 2.75) is 0 Å². The van der Waals surface area contributed by atoms with E-state index < -0.39 is 5.09 Å². The fourth-order valence-electron chi connectivity index (χ4n) is 0. The Morgan fingerprint density at radius 2 is 1.67 bits per heavy atom. The van der Waals surface area contributed by atoms with Gasteiger partial charge in [0.1, 0.15) is 0 Å². The van der Waals surface area contributed by atoms with Gasteiger partial charge in [-0.2, -0.15) is 0 Å². The summed E-state index contributed by atoms with van der Waals surface area (Å²) in [5.41, 5.74) is 0. The molecule has 0 aliphatic rings. The summed E-state index contributed by atoms with van der Waals surface area (Å²) in [7, 11) is 0. The molecule has 0 saturated heterocycles. The second-order valence-electron chi connectivity index (χ2n) is 0.238. The normalized spacial score (nSPS) is 4.00. The van der Waals surface area contributed by atoms with Gasteiger partial charge in [0.15, 0.2) is 0 Å². The Morgan fingerprint density at radius 1 is 1.67 bits per heavy atom. The van der Waals surface area contributed by atoms with E-state index in [9.17, 15) is 0 Å². The van der Waals surface area contributed by atoms with Gasteiger partial charge in [-0.15, -0.1) is 10.1 Å². The molecule has 4 nitrogen and oxygen atoms in total. The van der Waals surface area contributed by atoms with E-state index in [1.165, 1.54) is 0 Å². The van der Waals surface area contributed by atoms with Crippen molar-refractivity contribution in [2.24, 2.45) is 0 Å². The maximum absolute atomic E-state index is 8.36. The van der Waals surface area contributed by atoms with E-state index in [2.05, 4.69) is 0 Å². The largest absolute Gasteiger partial charge is 0.328 e. The van der Waals surface area contributed by atoms with Gasteiger partial charge in [-0.05, 0) is 0 Å². The molecule has 35 valence electrons. The number of hydrogen-bond donors (Lipinski definition) is 1. The average Bonchev–Trinajstić information content (AvgIpc) is 0.811. The van der Waals surface area contributed by atoms with Gasteiger partial charge >= 0.3 is 0 Å². The van der Waals surface area contributed by atoms with Gasteiger partial charge in [0.2, 0.25) is 0 Å². The fourth-order valence-corrected chi connectivity index (χ4v) is 0. The van der Waals surface area contributed by atoms with Crippen molar-refractivity contribution in [1.82, 2.24) is 0 Å². The zero-order valence-corrected chi connectivity index (χ0v) is 4.01. The SMILES string of the molecule is O=[N+]([O-])O.[Li].[Ni]. The van der Waals surface area contributed by atoms with Crippen LogP contribution in [0.2, 0.25) is 0 Å². The first-order chi connectivity index (χ1) is 1.73. The van der Waals surface area contributed by atoms with Crippen LogP contribution in [0.1, 0.15) is 0 Å². The Balaban J connectivity index is -0.0000000450. The molecule has 0 aromatic rings. The Morgan fingerprint density at radius 3 is 1.67 bits per heavy atom. The fraction of sp³-hybridized carbons (Fsp3) is 0. The predicted octanol–water partition coefficient (Wildman–Crippen LogP) is -0.731. The summed E-state index contributed by atoms with van der Waals surface area (Å²) in [5, 5.41) is 13.6. The molecule has 0 amide bonds. The molecule has 0 rings (SSSR count). The molecule has 0 bridgehead atoms. The van der Waals surface area contributed by atoms with Gasteiger partial charge in [-0.1, -0.05) is 0 Å². The molecule has 1 N–H and O–H groups in total. The molecule has 0 heterocycles. The molecule has 6 heavy (non-hydrogen) atoms. The topological polar surface area (TPSA) is 63.4 Å². The molecule has 0 aliphatic carbocycles. The van der Waals surface area contributed by atoms with E-state index in [4.69, 9.17) is 15.3 Å². The quantitative estimate of drug-likeness (QED) is 0.266. The smallest absolute Gasteiger partial charge is 0.291 e. The summed E-state index contributed by atoms with van der Waals surface area (Å²) in [4.78, 5) is 8.36. The van der Waals surface area contributed by atoms with Gasteiger partial charge in [-0.25, -0.2) is 0 Å². The summed E-state index contributed by atoms with van der Waals surface area (Å²) in [6.45, 7) is 0. The molecule has 0 spiro atoms. The number of rotatable bonds is 0. The molecule has 0 fully saturated rings. The molecular formula is HLiNNiO3. The summed E-state index contributed by atoms with van der Waals surface area (Å²) < 4.78 is 0. The molecule has 0 unspecified atom stereocenters. The van der Waals surface area contributed by atoms with Gasteiger partial charge in [0, 0.05) is 35.4 Å². The summed E-state index contributed by atoms with van der Waals surface area (Å²) in [6.07, 6.45) is 0. The van der Waals surface area contributed by atoms with Crippen molar-refractivity contribution < 1.29 is 26.8 Å².